The highest BCUT2D eigenvalue weighted by molar-refractivity contribution is 5.44. The minimum Gasteiger partial charge on any atom is -0.370 e. The van der Waals surface area contributed by atoms with E-state index in [1.807, 2.05) is 44.2 Å². The fraction of sp³-hybridized carbons (Fsp3) is 0.364. The Morgan fingerprint density at radius 1 is 1.23 bits per heavy atom. The molecular weight excluding hydrogens is 160 g/mol. The van der Waals surface area contributed by atoms with E-state index in [-0.39, 0.29) is 6.04 Å². The van der Waals surface area contributed by atoms with Gasteiger partial charge in [0.2, 0.25) is 0 Å². The monoisotopic (exact) mass is 174 g/mol. The normalized spacial score (nSPS) is 12.2. The molecule has 0 radical (unpaired) electrons. The van der Waals surface area contributed by atoms with E-state index in [2.05, 4.69) is 11.4 Å². The van der Waals surface area contributed by atoms with Gasteiger partial charge < -0.3 is 5.32 Å². The van der Waals surface area contributed by atoms with Crippen LogP contribution < -0.4 is 5.32 Å². The van der Waals surface area contributed by atoms with Gasteiger partial charge in [-0.2, -0.15) is 5.26 Å². The van der Waals surface area contributed by atoms with Crippen molar-refractivity contribution in [3.05, 3.63) is 30.3 Å². The first kappa shape index (κ1) is 9.60. The van der Waals surface area contributed by atoms with Crippen LogP contribution in [0.4, 0.5) is 5.69 Å². The SMILES string of the molecule is CC(C)C(C#N)Nc1ccccc1. The summed E-state index contributed by atoms with van der Waals surface area (Å²) in [5.74, 6) is 0.324. The zero-order valence-electron chi connectivity index (χ0n) is 7.99. The first-order valence-corrected chi connectivity index (χ1v) is 4.45. The summed E-state index contributed by atoms with van der Waals surface area (Å²) < 4.78 is 0. The van der Waals surface area contributed by atoms with Gasteiger partial charge in [-0.3, -0.25) is 0 Å². The van der Waals surface area contributed by atoms with Crippen molar-refractivity contribution >= 4 is 5.69 Å². The molecule has 0 heterocycles. The van der Waals surface area contributed by atoms with Gasteiger partial charge >= 0.3 is 0 Å². The highest BCUT2D eigenvalue weighted by atomic mass is 14.9. The van der Waals surface area contributed by atoms with Crippen molar-refractivity contribution in [2.24, 2.45) is 5.92 Å². The maximum atomic E-state index is 8.85. The van der Waals surface area contributed by atoms with Crippen LogP contribution in [0.1, 0.15) is 13.8 Å². The Hall–Kier alpha value is -1.49. The van der Waals surface area contributed by atoms with Crippen LogP contribution in [-0.2, 0) is 0 Å². The number of hydrogen-bond acceptors (Lipinski definition) is 2. The quantitative estimate of drug-likeness (QED) is 0.764. The van der Waals surface area contributed by atoms with Crippen molar-refractivity contribution in [2.75, 3.05) is 5.32 Å². The first-order valence-electron chi connectivity index (χ1n) is 4.45. The van der Waals surface area contributed by atoms with Gasteiger partial charge in [-0.05, 0) is 18.1 Å². The number of hydrogen-bond donors (Lipinski definition) is 1. The molecule has 0 spiro atoms. The fourth-order valence-corrected chi connectivity index (χ4v) is 1.06. The topological polar surface area (TPSA) is 35.8 Å². The molecule has 2 heteroatoms. The maximum absolute atomic E-state index is 8.85. The summed E-state index contributed by atoms with van der Waals surface area (Å²) in [6.45, 7) is 4.06. The summed E-state index contributed by atoms with van der Waals surface area (Å²) in [7, 11) is 0. The number of nitriles is 1. The van der Waals surface area contributed by atoms with Crippen LogP contribution in [0, 0.1) is 17.2 Å². The van der Waals surface area contributed by atoms with E-state index >= 15 is 0 Å². The van der Waals surface area contributed by atoms with Crippen molar-refractivity contribution in [1.29, 1.82) is 5.26 Å². The lowest BCUT2D eigenvalue weighted by Crippen LogP contribution is -2.23. The number of para-hydroxylation sites is 1. The van der Waals surface area contributed by atoms with E-state index in [1.54, 1.807) is 0 Å². The van der Waals surface area contributed by atoms with Gasteiger partial charge in [0.05, 0.1) is 6.07 Å². The van der Waals surface area contributed by atoms with Gasteiger partial charge in [-0.1, -0.05) is 32.0 Å². The first-order chi connectivity index (χ1) is 6.24. The number of anilines is 1. The van der Waals surface area contributed by atoms with Gasteiger partial charge in [-0.15, -0.1) is 0 Å². The maximum Gasteiger partial charge on any atom is 0.116 e. The van der Waals surface area contributed by atoms with Crippen molar-refractivity contribution in [1.82, 2.24) is 0 Å². The lowest BCUT2D eigenvalue weighted by atomic mass is 10.1. The van der Waals surface area contributed by atoms with E-state index in [0.717, 1.165) is 5.69 Å². The number of benzene rings is 1. The summed E-state index contributed by atoms with van der Waals surface area (Å²) in [5, 5.41) is 12.0. The van der Waals surface area contributed by atoms with Gasteiger partial charge in [0, 0.05) is 5.69 Å². The molecule has 0 aromatic heterocycles. The zero-order chi connectivity index (χ0) is 9.68. The number of nitrogens with zero attached hydrogens (tertiary/aromatic N) is 1. The minimum absolute atomic E-state index is 0.109. The molecule has 0 bridgehead atoms. The van der Waals surface area contributed by atoms with E-state index in [0.29, 0.717) is 5.92 Å². The van der Waals surface area contributed by atoms with E-state index < -0.39 is 0 Å². The highest BCUT2D eigenvalue weighted by Gasteiger charge is 2.10. The molecule has 13 heavy (non-hydrogen) atoms. The largest absolute Gasteiger partial charge is 0.370 e. The zero-order valence-corrected chi connectivity index (χ0v) is 7.99. The van der Waals surface area contributed by atoms with E-state index in [9.17, 15) is 0 Å². The van der Waals surface area contributed by atoms with Crippen LogP contribution in [-0.4, -0.2) is 6.04 Å². The molecule has 0 aliphatic heterocycles. The minimum atomic E-state index is -0.109. The molecule has 1 N–H and O–H groups in total. The molecule has 1 atom stereocenters. The predicted molar refractivity (Wildman–Crippen MR) is 54.3 cm³/mol. The summed E-state index contributed by atoms with van der Waals surface area (Å²) in [6, 6.07) is 11.9. The Labute approximate surface area is 79.2 Å². The Morgan fingerprint density at radius 2 is 1.85 bits per heavy atom. The molecule has 1 rings (SSSR count). The molecular formula is C11H14N2. The number of nitrogens with one attached hydrogen (secondary N) is 1. The second-order valence-corrected chi connectivity index (χ2v) is 3.36. The second-order valence-electron chi connectivity index (χ2n) is 3.36. The fourth-order valence-electron chi connectivity index (χ4n) is 1.06. The molecule has 1 unspecified atom stereocenters. The van der Waals surface area contributed by atoms with Crippen LogP contribution in [0.25, 0.3) is 0 Å². The molecule has 1 aromatic rings. The average molecular weight is 174 g/mol. The van der Waals surface area contributed by atoms with Gasteiger partial charge in [0.1, 0.15) is 6.04 Å². The highest BCUT2D eigenvalue weighted by Crippen LogP contribution is 2.11. The molecule has 0 fully saturated rings. The van der Waals surface area contributed by atoms with Crippen molar-refractivity contribution in [3.63, 3.8) is 0 Å². The standard InChI is InChI=1S/C11H14N2/c1-9(2)11(8-12)13-10-6-4-3-5-7-10/h3-7,9,11,13H,1-2H3. The third-order valence-electron chi connectivity index (χ3n) is 1.90. The Morgan fingerprint density at radius 3 is 2.31 bits per heavy atom. The molecule has 0 aliphatic rings. The summed E-state index contributed by atoms with van der Waals surface area (Å²) in [5.41, 5.74) is 1.00. The Bertz CT molecular complexity index is 285. The molecule has 0 saturated carbocycles. The van der Waals surface area contributed by atoms with Crippen molar-refractivity contribution in [2.45, 2.75) is 19.9 Å². The lowest BCUT2D eigenvalue weighted by Gasteiger charge is -2.15. The van der Waals surface area contributed by atoms with Crippen LogP contribution in [0.15, 0.2) is 30.3 Å². The van der Waals surface area contributed by atoms with Gasteiger partial charge in [0.25, 0.3) is 0 Å². The van der Waals surface area contributed by atoms with E-state index in [4.69, 9.17) is 5.26 Å². The van der Waals surface area contributed by atoms with E-state index in [1.165, 1.54) is 0 Å². The molecule has 2 nitrogen and oxygen atoms in total. The lowest BCUT2D eigenvalue weighted by molar-refractivity contribution is 0.609. The third kappa shape index (κ3) is 2.79. The summed E-state index contributed by atoms with van der Waals surface area (Å²) >= 11 is 0. The van der Waals surface area contributed by atoms with Crippen LogP contribution in [0.3, 0.4) is 0 Å². The summed E-state index contributed by atoms with van der Waals surface area (Å²) in [4.78, 5) is 0. The van der Waals surface area contributed by atoms with Crippen molar-refractivity contribution < 1.29 is 0 Å². The molecule has 68 valence electrons. The Kier molecular flexibility index (Phi) is 3.33. The third-order valence-corrected chi connectivity index (χ3v) is 1.90. The van der Waals surface area contributed by atoms with Crippen molar-refractivity contribution in [3.8, 4) is 6.07 Å². The predicted octanol–water partition coefficient (Wildman–Crippen LogP) is 2.65. The number of rotatable bonds is 3. The van der Waals surface area contributed by atoms with Crippen LogP contribution >= 0.6 is 0 Å². The molecule has 1 aromatic carbocycles. The molecule has 0 saturated heterocycles. The van der Waals surface area contributed by atoms with Gasteiger partial charge in [0.15, 0.2) is 0 Å². The smallest absolute Gasteiger partial charge is 0.116 e. The second kappa shape index (κ2) is 4.51. The average Bonchev–Trinajstić information content (AvgIpc) is 2.15. The Balaban J connectivity index is 2.64. The van der Waals surface area contributed by atoms with Gasteiger partial charge in [-0.25, -0.2) is 0 Å². The summed E-state index contributed by atoms with van der Waals surface area (Å²) in [6.07, 6.45) is 0. The molecule has 0 aliphatic carbocycles. The van der Waals surface area contributed by atoms with Crippen LogP contribution in [0.2, 0.25) is 0 Å². The van der Waals surface area contributed by atoms with Crippen LogP contribution in [0.5, 0.6) is 0 Å². The molecule has 0 amide bonds.